The minimum Gasteiger partial charge on any atom is -0.506 e. The number of aromatic hydroxyl groups is 1. The summed E-state index contributed by atoms with van der Waals surface area (Å²) >= 11 is 4.46. The predicted octanol–water partition coefficient (Wildman–Crippen LogP) is 4.69. The highest BCUT2D eigenvalue weighted by atomic mass is 127. The van der Waals surface area contributed by atoms with Gasteiger partial charge < -0.3 is 10.4 Å². The normalized spacial score (nSPS) is 15.2. The predicted molar refractivity (Wildman–Crippen MR) is 121 cm³/mol. The fourth-order valence-electron chi connectivity index (χ4n) is 2.41. The van der Waals surface area contributed by atoms with Crippen LogP contribution in [0, 0.1) is 24.6 Å². The number of halogens is 5. The molecule has 2 aromatic carbocycles. The van der Waals surface area contributed by atoms with Crippen LogP contribution in [0.15, 0.2) is 29.2 Å². The Kier molecular flexibility index (Phi) is 6.96. The highest BCUT2D eigenvalue weighted by molar-refractivity contribution is 14.1. The first-order valence-electron chi connectivity index (χ1n) is 7.95. The molecule has 3 amide bonds. The first-order chi connectivity index (χ1) is 14.1. The molecule has 1 saturated heterocycles. The number of carbonyl (C=O) groups excluding carboxylic acids is 3. The number of nitrogens with zero attached hydrogens (tertiary/aromatic N) is 1. The molecule has 2 aromatic rings. The number of amides is 3. The molecule has 30 heavy (non-hydrogen) atoms. The number of nitrogens with one attached hydrogen (secondary N) is 1. The third-order valence-electron chi connectivity index (χ3n) is 3.82. The van der Waals surface area contributed by atoms with Crippen molar-refractivity contribution < 1.29 is 32.7 Å². The zero-order valence-electron chi connectivity index (χ0n) is 14.5. The van der Waals surface area contributed by atoms with E-state index in [1.54, 1.807) is 12.1 Å². The maximum absolute atomic E-state index is 13.7. The van der Waals surface area contributed by atoms with Crippen molar-refractivity contribution in [3.8, 4) is 5.75 Å². The number of carbonyl (C=O) groups is 3. The molecule has 0 aromatic heterocycles. The Morgan fingerprint density at radius 1 is 1.13 bits per heavy atom. The average Bonchev–Trinajstić information content (AvgIpc) is 2.94. The minimum atomic E-state index is -1.75. The van der Waals surface area contributed by atoms with Crippen LogP contribution in [-0.4, -0.2) is 33.6 Å². The van der Waals surface area contributed by atoms with Gasteiger partial charge in [-0.15, -0.1) is 0 Å². The van der Waals surface area contributed by atoms with Crippen LogP contribution in [0.1, 0.15) is 5.56 Å². The third kappa shape index (κ3) is 4.74. The maximum Gasteiger partial charge on any atom is 0.294 e. The van der Waals surface area contributed by atoms with Crippen molar-refractivity contribution in [3.05, 3.63) is 59.3 Å². The Balaban J connectivity index is 1.75. The summed E-state index contributed by atoms with van der Waals surface area (Å²) in [6.07, 6.45) is 1.45. The number of hydrogen-bond donors (Lipinski definition) is 2. The lowest BCUT2D eigenvalue weighted by molar-refractivity contribution is -0.127. The number of rotatable bonds is 4. The van der Waals surface area contributed by atoms with Crippen molar-refractivity contribution in [1.29, 1.82) is 0 Å². The van der Waals surface area contributed by atoms with Crippen molar-refractivity contribution in [1.82, 2.24) is 4.90 Å². The summed E-state index contributed by atoms with van der Waals surface area (Å²) in [5.74, 6) is -6.35. The third-order valence-corrected chi connectivity index (χ3v) is 6.37. The van der Waals surface area contributed by atoms with Crippen molar-refractivity contribution in [3.63, 3.8) is 0 Å². The van der Waals surface area contributed by atoms with Gasteiger partial charge in [0.2, 0.25) is 5.91 Å². The molecule has 1 aliphatic heterocycles. The Bertz CT molecular complexity index is 1100. The molecule has 156 valence electrons. The molecule has 0 atom stereocenters. The summed E-state index contributed by atoms with van der Waals surface area (Å²) in [4.78, 5) is 37.5. The van der Waals surface area contributed by atoms with Gasteiger partial charge in [0, 0.05) is 0 Å². The summed E-state index contributed by atoms with van der Waals surface area (Å²) < 4.78 is 41.0. The van der Waals surface area contributed by atoms with E-state index in [1.165, 1.54) is 6.08 Å². The maximum atomic E-state index is 13.7. The van der Waals surface area contributed by atoms with Crippen LogP contribution in [0.4, 0.5) is 23.7 Å². The topological polar surface area (TPSA) is 86.7 Å². The van der Waals surface area contributed by atoms with E-state index in [1.807, 2.05) is 50.5 Å². The largest absolute Gasteiger partial charge is 0.506 e. The van der Waals surface area contributed by atoms with Gasteiger partial charge in [-0.2, -0.15) is 0 Å². The first-order valence-corrected chi connectivity index (χ1v) is 10.9. The number of thioether (sulfide) groups is 1. The van der Waals surface area contributed by atoms with E-state index in [9.17, 15) is 32.7 Å². The molecule has 0 spiro atoms. The van der Waals surface area contributed by atoms with Crippen LogP contribution in [0.2, 0.25) is 0 Å². The Morgan fingerprint density at radius 3 is 2.40 bits per heavy atom. The quantitative estimate of drug-likeness (QED) is 0.283. The number of benzene rings is 2. The molecular formula is C18H9F3I2N2O4S. The van der Waals surface area contributed by atoms with Crippen LogP contribution in [0.5, 0.6) is 5.75 Å². The second-order valence-electron chi connectivity index (χ2n) is 5.87. The SMILES string of the molecule is O=C(CN1C(=O)S/C(=C/c2cc(I)c(O)c(I)c2)C1=O)Nc1ccc(F)c(F)c1F. The number of hydrogen-bond acceptors (Lipinski definition) is 5. The number of phenolic OH excluding ortho intramolecular Hbond substituents is 1. The highest BCUT2D eigenvalue weighted by Crippen LogP contribution is 2.34. The van der Waals surface area contributed by atoms with Crippen LogP contribution in [0.3, 0.4) is 0 Å². The molecule has 0 saturated carbocycles. The van der Waals surface area contributed by atoms with Crippen LogP contribution < -0.4 is 5.32 Å². The molecule has 0 aliphatic carbocycles. The molecule has 0 radical (unpaired) electrons. The number of imide groups is 1. The number of phenols is 1. The van der Waals surface area contributed by atoms with E-state index in [4.69, 9.17) is 0 Å². The average molecular weight is 660 g/mol. The Morgan fingerprint density at radius 2 is 1.77 bits per heavy atom. The number of anilines is 1. The van der Waals surface area contributed by atoms with Gasteiger partial charge in [0.25, 0.3) is 11.1 Å². The summed E-state index contributed by atoms with van der Waals surface area (Å²) in [6.45, 7) is -0.731. The molecule has 1 fully saturated rings. The van der Waals surface area contributed by atoms with Gasteiger partial charge in [0.05, 0.1) is 17.7 Å². The molecular weight excluding hydrogens is 651 g/mol. The smallest absolute Gasteiger partial charge is 0.294 e. The molecule has 3 rings (SSSR count). The van der Waals surface area contributed by atoms with Crippen LogP contribution in [0.25, 0.3) is 6.08 Å². The fraction of sp³-hybridized carbons (Fsp3) is 0.0556. The first kappa shape index (κ1) is 22.9. The summed E-state index contributed by atoms with van der Waals surface area (Å²) in [7, 11) is 0. The molecule has 1 aliphatic rings. The van der Waals surface area contributed by atoms with Gasteiger partial charge in [0.1, 0.15) is 12.3 Å². The lowest BCUT2D eigenvalue weighted by atomic mass is 10.2. The van der Waals surface area contributed by atoms with Crippen molar-refractivity contribution in [2.45, 2.75) is 0 Å². The van der Waals surface area contributed by atoms with E-state index < -0.39 is 46.7 Å². The summed E-state index contributed by atoms with van der Waals surface area (Å²) in [5.41, 5.74) is -0.0462. The van der Waals surface area contributed by atoms with E-state index in [0.717, 1.165) is 6.07 Å². The molecule has 0 bridgehead atoms. The van der Waals surface area contributed by atoms with Crippen LogP contribution >= 0.6 is 56.9 Å². The van der Waals surface area contributed by atoms with Gasteiger partial charge in [-0.1, -0.05) is 0 Å². The second kappa shape index (κ2) is 9.13. The van der Waals surface area contributed by atoms with E-state index in [2.05, 4.69) is 0 Å². The van der Waals surface area contributed by atoms with Crippen molar-refractivity contribution in [2.75, 3.05) is 11.9 Å². The fourth-order valence-corrected chi connectivity index (χ4v) is 5.07. The molecule has 6 nitrogen and oxygen atoms in total. The molecule has 1 heterocycles. The Labute approximate surface area is 199 Å². The monoisotopic (exact) mass is 660 g/mol. The van der Waals surface area contributed by atoms with Gasteiger partial charge >= 0.3 is 0 Å². The van der Waals surface area contributed by atoms with Crippen molar-refractivity contribution >= 4 is 85.8 Å². The highest BCUT2D eigenvalue weighted by Gasteiger charge is 2.36. The summed E-state index contributed by atoms with van der Waals surface area (Å²) in [5, 5.41) is 11.1. The van der Waals surface area contributed by atoms with Gasteiger partial charge in [-0.25, -0.2) is 13.2 Å². The second-order valence-corrected chi connectivity index (χ2v) is 9.19. The summed E-state index contributed by atoms with van der Waals surface area (Å²) in [6, 6.07) is 4.69. The minimum absolute atomic E-state index is 0.0593. The van der Waals surface area contributed by atoms with Crippen LogP contribution in [-0.2, 0) is 9.59 Å². The lowest BCUT2D eigenvalue weighted by Crippen LogP contribution is -2.36. The van der Waals surface area contributed by atoms with E-state index in [0.29, 0.717) is 35.4 Å². The van der Waals surface area contributed by atoms with E-state index in [-0.39, 0.29) is 10.7 Å². The zero-order valence-corrected chi connectivity index (χ0v) is 19.6. The van der Waals surface area contributed by atoms with Crippen molar-refractivity contribution in [2.24, 2.45) is 0 Å². The molecule has 0 unspecified atom stereocenters. The van der Waals surface area contributed by atoms with Gasteiger partial charge in [-0.3, -0.25) is 19.3 Å². The lowest BCUT2D eigenvalue weighted by Gasteiger charge is -2.13. The molecule has 2 N–H and O–H groups in total. The van der Waals surface area contributed by atoms with Gasteiger partial charge in [-0.05, 0) is 92.8 Å². The molecule has 12 heteroatoms. The standard InChI is InChI=1S/C18H9F3I2N2O4S/c19-8-1-2-11(15(21)14(8)20)24-13(26)6-25-17(28)12(30-18(25)29)5-7-3-9(22)16(27)10(23)4-7/h1-5,27H,6H2,(H,24,26)/b12-5+. The van der Waals surface area contributed by atoms with E-state index >= 15 is 0 Å². The zero-order chi connectivity index (χ0) is 22.2. The Hall–Kier alpha value is -1.81. The van der Waals surface area contributed by atoms with Gasteiger partial charge in [0.15, 0.2) is 17.5 Å².